The molecule has 0 fully saturated rings. The van der Waals surface area contributed by atoms with E-state index < -0.39 is 0 Å². The van der Waals surface area contributed by atoms with Gasteiger partial charge >= 0.3 is 0 Å². The van der Waals surface area contributed by atoms with E-state index in [-0.39, 0.29) is 16.7 Å². The molecule has 0 aliphatic carbocycles. The summed E-state index contributed by atoms with van der Waals surface area (Å²) in [6, 6.07) is 5.17. The second-order valence-electron chi connectivity index (χ2n) is 3.96. The maximum absolute atomic E-state index is 12.3. The number of hydrogen-bond acceptors (Lipinski definition) is 4. The summed E-state index contributed by atoms with van der Waals surface area (Å²) in [4.78, 5) is 18.6. The summed E-state index contributed by atoms with van der Waals surface area (Å²) in [5.41, 5.74) is 5.91. The fourth-order valence-electron chi connectivity index (χ4n) is 1.57. The van der Waals surface area contributed by atoms with Crippen LogP contribution in [0.25, 0.3) is 0 Å². The number of nitrogens with two attached hydrogens (primary N) is 1. The predicted octanol–water partition coefficient (Wildman–Crippen LogP) is 3.30. The quantitative estimate of drug-likeness (QED) is 0.945. The number of carbonyl (C=O) groups excluding carboxylic acids is 1. The molecule has 2 aromatic rings. The first-order valence-electron chi connectivity index (χ1n) is 5.38. The molecule has 0 saturated carbocycles. The molecule has 0 atom stereocenters. The van der Waals surface area contributed by atoms with E-state index in [2.05, 4.69) is 4.98 Å². The molecule has 0 aliphatic rings. The number of nitrogens with zero attached hydrogens (tertiary/aromatic N) is 2. The van der Waals surface area contributed by atoms with Gasteiger partial charge in [-0.1, -0.05) is 23.2 Å². The lowest BCUT2D eigenvalue weighted by molar-refractivity contribution is 0.0786. The van der Waals surface area contributed by atoms with Crippen molar-refractivity contribution in [3.63, 3.8) is 0 Å². The summed E-state index contributed by atoms with van der Waals surface area (Å²) in [6.07, 6.45) is 1.37. The summed E-state index contributed by atoms with van der Waals surface area (Å²) in [6.45, 7) is 0.467. The van der Waals surface area contributed by atoms with Gasteiger partial charge in [0.15, 0.2) is 0 Å². The van der Waals surface area contributed by atoms with Gasteiger partial charge in [-0.15, -0.1) is 11.3 Å². The van der Waals surface area contributed by atoms with E-state index >= 15 is 0 Å². The molecule has 2 rings (SSSR count). The zero-order valence-corrected chi connectivity index (χ0v) is 12.4. The van der Waals surface area contributed by atoms with E-state index in [0.29, 0.717) is 16.4 Å². The van der Waals surface area contributed by atoms with Crippen molar-refractivity contribution in [1.82, 2.24) is 9.88 Å². The van der Waals surface area contributed by atoms with E-state index in [0.717, 1.165) is 4.88 Å². The molecule has 4 nitrogen and oxygen atoms in total. The van der Waals surface area contributed by atoms with E-state index in [1.54, 1.807) is 18.0 Å². The molecule has 0 radical (unpaired) electrons. The molecular weight excluding hydrogens is 305 g/mol. The number of aromatic nitrogens is 1. The van der Waals surface area contributed by atoms with Gasteiger partial charge in [-0.3, -0.25) is 4.79 Å². The van der Waals surface area contributed by atoms with Crippen LogP contribution in [0.3, 0.4) is 0 Å². The molecule has 2 N–H and O–H groups in total. The van der Waals surface area contributed by atoms with Gasteiger partial charge < -0.3 is 10.6 Å². The fraction of sp³-hybridized carbons (Fsp3) is 0.167. The van der Waals surface area contributed by atoms with E-state index in [1.165, 1.54) is 23.6 Å². The van der Waals surface area contributed by atoms with Crippen molar-refractivity contribution < 1.29 is 4.79 Å². The van der Waals surface area contributed by atoms with Gasteiger partial charge in [0, 0.05) is 18.1 Å². The molecule has 2 aromatic heterocycles. The van der Waals surface area contributed by atoms with Crippen LogP contribution in [-0.4, -0.2) is 22.8 Å². The first kappa shape index (κ1) is 14.1. The van der Waals surface area contributed by atoms with E-state index in [1.807, 2.05) is 6.07 Å². The Hall–Kier alpha value is -1.30. The number of anilines is 1. The smallest absolute Gasteiger partial charge is 0.255 e. The monoisotopic (exact) mass is 315 g/mol. The van der Waals surface area contributed by atoms with Crippen LogP contribution in [0.1, 0.15) is 15.2 Å². The molecule has 2 heterocycles. The molecule has 0 bridgehead atoms. The summed E-state index contributed by atoms with van der Waals surface area (Å²) in [5.74, 6) is 0.0592. The normalized spacial score (nSPS) is 10.5. The largest absolute Gasteiger partial charge is 0.384 e. The minimum Gasteiger partial charge on any atom is -0.384 e. The summed E-state index contributed by atoms with van der Waals surface area (Å²) in [5, 5.41) is 0.287. The highest BCUT2D eigenvalue weighted by Crippen LogP contribution is 2.24. The molecule has 1 amide bonds. The van der Waals surface area contributed by atoms with Crippen molar-refractivity contribution in [2.24, 2.45) is 0 Å². The Morgan fingerprint density at radius 3 is 2.84 bits per heavy atom. The lowest BCUT2D eigenvalue weighted by Crippen LogP contribution is -2.26. The minimum absolute atomic E-state index is 0.205. The lowest BCUT2D eigenvalue weighted by Gasteiger charge is -2.17. The SMILES string of the molecule is CN(Cc1ccc(Cl)s1)C(=O)c1cc(N)ncc1Cl. The van der Waals surface area contributed by atoms with Gasteiger partial charge in [0.05, 0.1) is 21.5 Å². The molecule has 0 unspecified atom stereocenters. The number of carbonyl (C=O) groups is 1. The zero-order valence-electron chi connectivity index (χ0n) is 10.1. The second-order valence-corrected chi connectivity index (χ2v) is 6.16. The first-order chi connectivity index (χ1) is 8.97. The average molecular weight is 316 g/mol. The molecule has 0 aliphatic heterocycles. The molecule has 0 aromatic carbocycles. The Bertz CT molecular complexity index is 615. The predicted molar refractivity (Wildman–Crippen MR) is 78.8 cm³/mol. The Morgan fingerprint density at radius 2 is 2.21 bits per heavy atom. The lowest BCUT2D eigenvalue weighted by atomic mass is 10.2. The minimum atomic E-state index is -0.205. The highest BCUT2D eigenvalue weighted by atomic mass is 35.5. The maximum atomic E-state index is 12.3. The van der Waals surface area contributed by atoms with Crippen LogP contribution in [0.5, 0.6) is 0 Å². The molecule has 100 valence electrons. The topological polar surface area (TPSA) is 59.2 Å². The third-order valence-electron chi connectivity index (χ3n) is 2.48. The number of hydrogen-bond donors (Lipinski definition) is 1. The van der Waals surface area contributed by atoms with Crippen molar-refractivity contribution in [2.45, 2.75) is 6.54 Å². The van der Waals surface area contributed by atoms with Crippen LogP contribution in [0.2, 0.25) is 9.36 Å². The van der Waals surface area contributed by atoms with Gasteiger partial charge in [0.2, 0.25) is 0 Å². The number of thiophene rings is 1. The van der Waals surface area contributed by atoms with Crippen LogP contribution < -0.4 is 5.73 Å². The van der Waals surface area contributed by atoms with E-state index in [4.69, 9.17) is 28.9 Å². The Labute approximate surface area is 124 Å². The van der Waals surface area contributed by atoms with Crippen LogP contribution in [0.15, 0.2) is 24.4 Å². The van der Waals surface area contributed by atoms with Crippen LogP contribution in [0, 0.1) is 0 Å². The average Bonchev–Trinajstić information content (AvgIpc) is 2.77. The molecule has 0 saturated heterocycles. The second kappa shape index (κ2) is 5.77. The van der Waals surface area contributed by atoms with Gasteiger partial charge in [-0.05, 0) is 18.2 Å². The summed E-state index contributed by atoms with van der Waals surface area (Å²) in [7, 11) is 1.70. The number of amides is 1. The summed E-state index contributed by atoms with van der Waals surface area (Å²) >= 11 is 13.3. The van der Waals surface area contributed by atoms with E-state index in [9.17, 15) is 4.79 Å². The van der Waals surface area contributed by atoms with Crippen molar-refractivity contribution in [3.8, 4) is 0 Å². The number of halogens is 2. The third-order valence-corrected chi connectivity index (χ3v) is 3.99. The Kier molecular flexibility index (Phi) is 4.29. The standard InChI is InChI=1S/C12H11Cl2N3OS/c1-17(6-7-2-3-10(14)19-7)12(18)8-4-11(15)16-5-9(8)13/h2-5H,6H2,1H3,(H2,15,16). The maximum Gasteiger partial charge on any atom is 0.255 e. The Morgan fingerprint density at radius 1 is 1.47 bits per heavy atom. The Balaban J connectivity index is 2.16. The third kappa shape index (κ3) is 3.37. The van der Waals surface area contributed by atoms with Gasteiger partial charge in [-0.25, -0.2) is 4.98 Å². The highest BCUT2D eigenvalue weighted by molar-refractivity contribution is 7.16. The molecule has 7 heteroatoms. The van der Waals surface area contributed by atoms with Crippen LogP contribution >= 0.6 is 34.5 Å². The molecule has 19 heavy (non-hydrogen) atoms. The number of rotatable bonds is 3. The van der Waals surface area contributed by atoms with Gasteiger partial charge in [-0.2, -0.15) is 0 Å². The molecular formula is C12H11Cl2N3OS. The number of nitrogen functional groups attached to an aromatic ring is 1. The van der Waals surface area contributed by atoms with Gasteiger partial charge in [0.1, 0.15) is 5.82 Å². The van der Waals surface area contributed by atoms with Crippen LogP contribution in [0.4, 0.5) is 5.82 Å². The van der Waals surface area contributed by atoms with Gasteiger partial charge in [0.25, 0.3) is 5.91 Å². The first-order valence-corrected chi connectivity index (χ1v) is 6.95. The van der Waals surface area contributed by atoms with Crippen molar-refractivity contribution in [2.75, 3.05) is 12.8 Å². The molecule has 0 spiro atoms. The van der Waals surface area contributed by atoms with Crippen molar-refractivity contribution >= 4 is 46.3 Å². The zero-order chi connectivity index (χ0) is 14.0. The highest BCUT2D eigenvalue weighted by Gasteiger charge is 2.16. The number of pyridine rings is 1. The fourth-order valence-corrected chi connectivity index (χ4v) is 2.89. The van der Waals surface area contributed by atoms with Crippen molar-refractivity contribution in [1.29, 1.82) is 0 Å². The summed E-state index contributed by atoms with van der Waals surface area (Å²) < 4.78 is 0.696. The van der Waals surface area contributed by atoms with Crippen LogP contribution in [-0.2, 0) is 6.54 Å². The van der Waals surface area contributed by atoms with Crippen molar-refractivity contribution in [3.05, 3.63) is 44.2 Å².